The molecule has 8 heteroatoms. The fraction of sp³-hybridized carbons (Fsp3) is 0.435. The summed E-state index contributed by atoms with van der Waals surface area (Å²) >= 11 is 0. The van der Waals surface area contributed by atoms with Crippen molar-refractivity contribution in [1.29, 1.82) is 0 Å². The van der Waals surface area contributed by atoms with Crippen molar-refractivity contribution in [3.05, 3.63) is 60.6 Å². The van der Waals surface area contributed by atoms with Gasteiger partial charge in [0, 0.05) is 63.1 Å². The number of aryl methyl sites for hydroxylation is 1. The number of imidazole rings is 1. The van der Waals surface area contributed by atoms with Crippen LogP contribution in [0, 0.1) is 5.82 Å². The van der Waals surface area contributed by atoms with Crippen LogP contribution in [0.5, 0.6) is 0 Å². The van der Waals surface area contributed by atoms with E-state index >= 15 is 0 Å². The molecule has 2 aromatic heterocycles. The molecule has 0 radical (unpaired) electrons. The van der Waals surface area contributed by atoms with Gasteiger partial charge in [-0.2, -0.15) is 5.10 Å². The van der Waals surface area contributed by atoms with Crippen molar-refractivity contribution < 1.29 is 9.18 Å². The molecule has 1 fully saturated rings. The molecule has 1 saturated heterocycles. The van der Waals surface area contributed by atoms with E-state index in [4.69, 9.17) is 0 Å². The summed E-state index contributed by atoms with van der Waals surface area (Å²) in [6.45, 7) is 4.69. The van der Waals surface area contributed by atoms with Crippen molar-refractivity contribution in [2.75, 3.05) is 13.1 Å². The minimum absolute atomic E-state index is 0.0928. The van der Waals surface area contributed by atoms with E-state index in [1.807, 2.05) is 29.4 Å². The molecule has 0 spiro atoms. The number of halogens is 1. The highest BCUT2D eigenvalue weighted by molar-refractivity contribution is 5.76. The number of hydrogen-bond acceptors (Lipinski definition) is 4. The summed E-state index contributed by atoms with van der Waals surface area (Å²) in [6.07, 6.45) is 7.70. The lowest BCUT2D eigenvalue weighted by molar-refractivity contribution is -0.122. The predicted octanol–water partition coefficient (Wildman–Crippen LogP) is 3.15. The molecule has 0 bridgehead atoms. The van der Waals surface area contributed by atoms with Crippen LogP contribution >= 0.6 is 0 Å². The average Bonchev–Trinajstić information content (AvgIpc) is 3.41. The fourth-order valence-corrected chi connectivity index (χ4v) is 4.07. The van der Waals surface area contributed by atoms with Crippen molar-refractivity contribution >= 4 is 5.91 Å². The monoisotopic (exact) mass is 424 g/mol. The Hall–Kier alpha value is -3.00. The second kappa shape index (κ2) is 9.43. The molecule has 1 atom stereocenters. The van der Waals surface area contributed by atoms with Gasteiger partial charge in [0.2, 0.25) is 5.91 Å². The maximum atomic E-state index is 13.2. The molecule has 1 aromatic carbocycles. The van der Waals surface area contributed by atoms with Gasteiger partial charge in [-0.15, -0.1) is 0 Å². The second-order valence-corrected chi connectivity index (χ2v) is 8.33. The third kappa shape index (κ3) is 5.38. The zero-order valence-corrected chi connectivity index (χ0v) is 18.0. The lowest BCUT2D eigenvalue weighted by Gasteiger charge is -2.32. The van der Waals surface area contributed by atoms with Gasteiger partial charge in [0.15, 0.2) is 0 Å². The minimum atomic E-state index is -0.244. The van der Waals surface area contributed by atoms with E-state index in [2.05, 4.69) is 26.4 Å². The Morgan fingerprint density at radius 2 is 2.00 bits per heavy atom. The van der Waals surface area contributed by atoms with Gasteiger partial charge < -0.3 is 9.88 Å². The number of carbonyl (C=O) groups excluding carboxylic acids is 1. The van der Waals surface area contributed by atoms with E-state index in [0.29, 0.717) is 6.42 Å². The highest BCUT2D eigenvalue weighted by atomic mass is 19.1. The van der Waals surface area contributed by atoms with E-state index in [9.17, 15) is 9.18 Å². The van der Waals surface area contributed by atoms with Crippen molar-refractivity contribution in [2.24, 2.45) is 7.05 Å². The van der Waals surface area contributed by atoms with Gasteiger partial charge in [0.05, 0.1) is 17.7 Å². The molecule has 1 aliphatic heterocycles. The molecule has 31 heavy (non-hydrogen) atoms. The number of likely N-dealkylation sites (tertiary alicyclic amines) is 1. The molecular formula is C23H29FN6O. The zero-order valence-electron chi connectivity index (χ0n) is 18.0. The number of aromatic nitrogens is 4. The lowest BCUT2D eigenvalue weighted by atomic mass is 10.0. The smallest absolute Gasteiger partial charge is 0.222 e. The van der Waals surface area contributed by atoms with Gasteiger partial charge in [0.1, 0.15) is 5.82 Å². The van der Waals surface area contributed by atoms with Crippen molar-refractivity contribution in [2.45, 2.75) is 44.8 Å². The Balaban J connectivity index is 1.26. The first-order valence-electron chi connectivity index (χ1n) is 10.8. The topological polar surface area (TPSA) is 68.0 Å². The van der Waals surface area contributed by atoms with Gasteiger partial charge >= 0.3 is 0 Å². The Bertz CT molecular complexity index is 990. The number of nitrogens with zero attached hydrogens (tertiary/aromatic N) is 5. The Kier molecular flexibility index (Phi) is 6.46. The van der Waals surface area contributed by atoms with Crippen LogP contribution < -0.4 is 5.32 Å². The van der Waals surface area contributed by atoms with Crippen LogP contribution in [0.1, 0.15) is 37.9 Å². The number of nitrogens with one attached hydrogen (secondary N) is 1. The molecule has 7 nitrogen and oxygen atoms in total. The molecular weight excluding hydrogens is 395 g/mol. The number of hydrogen-bond donors (Lipinski definition) is 1. The maximum absolute atomic E-state index is 13.2. The molecule has 3 aromatic rings. The normalized spacial score (nSPS) is 16.4. The Morgan fingerprint density at radius 3 is 2.68 bits per heavy atom. The van der Waals surface area contributed by atoms with Gasteiger partial charge in [-0.25, -0.2) is 9.37 Å². The van der Waals surface area contributed by atoms with Gasteiger partial charge in [-0.1, -0.05) is 0 Å². The summed E-state index contributed by atoms with van der Waals surface area (Å²) in [6, 6.07) is 8.81. The summed E-state index contributed by atoms with van der Waals surface area (Å²) in [4.78, 5) is 18.8. The average molecular weight is 425 g/mol. The van der Waals surface area contributed by atoms with Crippen molar-refractivity contribution in [3.8, 4) is 11.3 Å². The molecule has 1 N–H and O–H groups in total. The molecule has 1 aliphatic rings. The van der Waals surface area contributed by atoms with E-state index in [1.165, 1.54) is 12.1 Å². The van der Waals surface area contributed by atoms with Crippen LogP contribution in [0.3, 0.4) is 0 Å². The Labute approximate surface area is 181 Å². The summed E-state index contributed by atoms with van der Waals surface area (Å²) in [5.41, 5.74) is 2.89. The zero-order chi connectivity index (χ0) is 21.8. The van der Waals surface area contributed by atoms with Crippen LogP contribution in [0.25, 0.3) is 11.3 Å². The van der Waals surface area contributed by atoms with E-state index in [0.717, 1.165) is 49.4 Å². The molecule has 164 valence electrons. The van der Waals surface area contributed by atoms with Crippen LogP contribution in [-0.2, 0) is 18.4 Å². The SMILES string of the molecule is C[C@H](CC(=O)NC1CCN(Cc2cc(-c3ccc(F)cc3)nn2C)CC1)n1ccnc1. The first-order valence-corrected chi connectivity index (χ1v) is 10.8. The van der Waals surface area contributed by atoms with Crippen molar-refractivity contribution in [1.82, 2.24) is 29.5 Å². The predicted molar refractivity (Wildman–Crippen MR) is 117 cm³/mol. The van der Waals surface area contributed by atoms with Crippen LogP contribution in [-0.4, -0.2) is 49.3 Å². The summed E-state index contributed by atoms with van der Waals surface area (Å²) < 4.78 is 17.0. The fourth-order valence-electron chi connectivity index (χ4n) is 4.07. The largest absolute Gasteiger partial charge is 0.353 e. The second-order valence-electron chi connectivity index (χ2n) is 8.33. The van der Waals surface area contributed by atoms with E-state index in [1.54, 1.807) is 24.7 Å². The first kappa shape index (κ1) is 21.2. The summed E-state index contributed by atoms with van der Waals surface area (Å²) in [5.74, 6) is -0.152. The number of carbonyl (C=O) groups is 1. The van der Waals surface area contributed by atoms with E-state index in [-0.39, 0.29) is 23.8 Å². The number of piperidine rings is 1. The van der Waals surface area contributed by atoms with Gasteiger partial charge in [0.25, 0.3) is 0 Å². The molecule has 1 amide bonds. The number of amides is 1. The quantitative estimate of drug-likeness (QED) is 0.633. The third-order valence-electron chi connectivity index (χ3n) is 5.97. The number of benzene rings is 1. The van der Waals surface area contributed by atoms with Gasteiger partial charge in [-0.3, -0.25) is 14.4 Å². The molecule has 0 unspecified atom stereocenters. The van der Waals surface area contributed by atoms with Crippen LogP contribution in [0.15, 0.2) is 49.1 Å². The lowest BCUT2D eigenvalue weighted by Crippen LogP contribution is -2.44. The molecule has 4 rings (SSSR count). The standard InChI is InChI=1S/C23H29FN6O/c1-17(30-12-9-25-16-30)13-23(31)26-20-7-10-29(11-8-20)15-21-14-22(27-28(21)2)18-3-5-19(24)6-4-18/h3-6,9,12,14,16-17,20H,7-8,10-11,13,15H2,1-2H3,(H,26,31)/t17-/m1/s1. The molecule has 0 aliphatic carbocycles. The van der Waals surface area contributed by atoms with Crippen molar-refractivity contribution in [3.63, 3.8) is 0 Å². The highest BCUT2D eigenvalue weighted by Crippen LogP contribution is 2.21. The highest BCUT2D eigenvalue weighted by Gasteiger charge is 2.22. The van der Waals surface area contributed by atoms with E-state index < -0.39 is 0 Å². The van der Waals surface area contributed by atoms with Gasteiger partial charge in [-0.05, 0) is 50.1 Å². The summed E-state index contributed by atoms with van der Waals surface area (Å²) in [5, 5.41) is 7.77. The van der Waals surface area contributed by atoms with Crippen LogP contribution in [0.2, 0.25) is 0 Å². The summed E-state index contributed by atoms with van der Waals surface area (Å²) in [7, 11) is 1.94. The Morgan fingerprint density at radius 1 is 1.26 bits per heavy atom. The maximum Gasteiger partial charge on any atom is 0.222 e. The number of rotatable bonds is 7. The first-order chi connectivity index (χ1) is 15.0. The minimum Gasteiger partial charge on any atom is -0.353 e. The third-order valence-corrected chi connectivity index (χ3v) is 5.97. The molecule has 3 heterocycles. The molecule has 0 saturated carbocycles. The van der Waals surface area contributed by atoms with Crippen LogP contribution in [0.4, 0.5) is 4.39 Å².